The van der Waals surface area contributed by atoms with Gasteiger partial charge in [0, 0.05) is 11.2 Å². The van der Waals surface area contributed by atoms with E-state index in [4.69, 9.17) is 0 Å². The first-order valence-electron chi connectivity index (χ1n) is 5.26. The van der Waals surface area contributed by atoms with E-state index in [0.29, 0.717) is 11.6 Å². The summed E-state index contributed by atoms with van der Waals surface area (Å²) in [7, 11) is 0. The van der Waals surface area contributed by atoms with E-state index in [9.17, 15) is 5.21 Å². The van der Waals surface area contributed by atoms with Crippen LogP contribution in [0.3, 0.4) is 0 Å². The molecule has 5 heteroatoms. The molecule has 0 N–H and O–H groups in total. The van der Waals surface area contributed by atoms with E-state index in [-0.39, 0.29) is 0 Å². The Balaban J connectivity index is 2.24. The number of nitrogens with zero attached hydrogens (tertiary/aromatic N) is 4. The van der Waals surface area contributed by atoms with Gasteiger partial charge in [0.1, 0.15) is 0 Å². The Kier molecular flexibility index (Phi) is 2.04. The summed E-state index contributed by atoms with van der Waals surface area (Å²) in [4.78, 5) is 8.99. The van der Waals surface area contributed by atoms with Crippen molar-refractivity contribution < 1.29 is 4.85 Å². The maximum atomic E-state index is 12.0. The molecule has 5 nitrogen and oxygen atoms in total. The summed E-state index contributed by atoms with van der Waals surface area (Å²) in [6, 6.07) is 9.36. The molecule has 0 aliphatic rings. The molecule has 84 valence electrons. The van der Waals surface area contributed by atoms with E-state index in [0.717, 1.165) is 16.0 Å². The van der Waals surface area contributed by atoms with Crippen molar-refractivity contribution in [3.63, 3.8) is 0 Å². The molecule has 3 aromatic rings. The van der Waals surface area contributed by atoms with Crippen LogP contribution in [0.2, 0.25) is 0 Å². The van der Waals surface area contributed by atoms with E-state index >= 15 is 0 Å². The molecule has 0 bridgehead atoms. The molecule has 2 aromatic heterocycles. The standard InChI is InChI=1S/C12H10N4O/c1-9-3-5-10(6-4-9)11-14-12-13-7-2-8-15(12)16(11)17/h2-8H,1H3. The van der Waals surface area contributed by atoms with Crippen LogP contribution in [0, 0.1) is 12.1 Å². The van der Waals surface area contributed by atoms with Crippen molar-refractivity contribution in [2.24, 2.45) is 0 Å². The molecular formula is C12H10N4O. The number of benzene rings is 1. The van der Waals surface area contributed by atoms with Crippen molar-refractivity contribution in [1.82, 2.24) is 14.5 Å². The maximum Gasteiger partial charge on any atom is 0.381 e. The Morgan fingerprint density at radius 3 is 2.71 bits per heavy atom. The second kappa shape index (κ2) is 3.55. The third-order valence-corrected chi connectivity index (χ3v) is 2.60. The second-order valence-corrected chi connectivity index (χ2v) is 3.84. The molecule has 0 aliphatic heterocycles. The first-order valence-corrected chi connectivity index (χ1v) is 5.26. The molecule has 0 saturated carbocycles. The average Bonchev–Trinajstić information content (AvgIpc) is 2.69. The van der Waals surface area contributed by atoms with Crippen LogP contribution in [0.5, 0.6) is 0 Å². The zero-order chi connectivity index (χ0) is 11.8. The molecule has 1 aromatic carbocycles. The van der Waals surface area contributed by atoms with Crippen molar-refractivity contribution in [3.8, 4) is 11.4 Å². The Bertz CT molecular complexity index is 673. The van der Waals surface area contributed by atoms with Crippen LogP contribution in [0.25, 0.3) is 17.2 Å². The largest absolute Gasteiger partial charge is 0.692 e. The van der Waals surface area contributed by atoms with Gasteiger partial charge < -0.3 is 5.21 Å². The molecule has 3 rings (SSSR count). The first-order chi connectivity index (χ1) is 8.25. The van der Waals surface area contributed by atoms with E-state index < -0.39 is 0 Å². The summed E-state index contributed by atoms with van der Waals surface area (Å²) in [5.74, 6) is 0.766. The molecule has 0 spiro atoms. The Morgan fingerprint density at radius 2 is 2.00 bits per heavy atom. The highest BCUT2D eigenvalue weighted by molar-refractivity contribution is 5.54. The molecule has 2 heterocycles. The van der Waals surface area contributed by atoms with E-state index in [1.807, 2.05) is 31.2 Å². The molecule has 0 saturated heterocycles. The predicted octanol–water partition coefficient (Wildman–Crippen LogP) is 1.34. The minimum absolute atomic E-state index is 0.365. The van der Waals surface area contributed by atoms with Gasteiger partial charge in [-0.25, -0.2) is 0 Å². The average molecular weight is 226 g/mol. The summed E-state index contributed by atoms with van der Waals surface area (Å²) in [6.07, 6.45) is 3.25. The number of aryl methyl sites for hydroxylation is 1. The van der Waals surface area contributed by atoms with Gasteiger partial charge in [-0.05, 0) is 25.1 Å². The maximum absolute atomic E-state index is 12.0. The molecule has 0 unspecified atom stereocenters. The minimum atomic E-state index is 0.365. The van der Waals surface area contributed by atoms with Gasteiger partial charge in [0.25, 0.3) is 0 Å². The molecule has 17 heavy (non-hydrogen) atoms. The molecule has 0 aliphatic carbocycles. The van der Waals surface area contributed by atoms with Crippen LogP contribution in [-0.2, 0) is 0 Å². The van der Waals surface area contributed by atoms with Crippen molar-refractivity contribution in [3.05, 3.63) is 53.5 Å². The Hall–Kier alpha value is -2.43. The number of hydrogen-bond acceptors (Lipinski definition) is 3. The van der Waals surface area contributed by atoms with Gasteiger partial charge in [0.15, 0.2) is 0 Å². The third kappa shape index (κ3) is 1.52. The number of hydrogen-bond donors (Lipinski definition) is 0. The highest BCUT2D eigenvalue weighted by atomic mass is 16.5. The molecule has 0 atom stereocenters. The summed E-state index contributed by atoms with van der Waals surface area (Å²) in [6.45, 7) is 2.00. The fraction of sp³-hybridized carbons (Fsp3) is 0.0833. The lowest BCUT2D eigenvalue weighted by atomic mass is 10.1. The minimum Gasteiger partial charge on any atom is -0.692 e. The van der Waals surface area contributed by atoms with E-state index in [1.165, 1.54) is 4.52 Å². The van der Waals surface area contributed by atoms with Gasteiger partial charge in [0.05, 0.1) is 11.8 Å². The lowest BCUT2D eigenvalue weighted by molar-refractivity contribution is -0.667. The normalized spacial score (nSPS) is 10.9. The fourth-order valence-electron chi connectivity index (χ4n) is 1.69. The quantitative estimate of drug-likeness (QED) is 0.464. The van der Waals surface area contributed by atoms with Gasteiger partial charge in [-0.1, -0.05) is 17.7 Å². The Labute approximate surface area is 97.6 Å². The zero-order valence-corrected chi connectivity index (χ0v) is 9.24. The number of aromatic nitrogens is 4. The van der Waals surface area contributed by atoms with Crippen LogP contribution < -0.4 is 4.85 Å². The topological polar surface area (TPSA) is 57.1 Å². The number of fused-ring (bicyclic) bond motifs is 1. The molecule has 0 fully saturated rings. The van der Waals surface area contributed by atoms with Crippen LogP contribution in [0.4, 0.5) is 0 Å². The Morgan fingerprint density at radius 1 is 1.24 bits per heavy atom. The van der Waals surface area contributed by atoms with E-state index in [1.54, 1.807) is 18.5 Å². The van der Waals surface area contributed by atoms with Crippen LogP contribution in [0.15, 0.2) is 42.7 Å². The lowest BCUT2D eigenvalue weighted by Crippen LogP contribution is -2.34. The fourth-order valence-corrected chi connectivity index (χ4v) is 1.69. The second-order valence-electron chi connectivity index (χ2n) is 3.84. The van der Waals surface area contributed by atoms with Gasteiger partial charge in [-0.2, -0.15) is 4.98 Å². The van der Waals surface area contributed by atoms with Gasteiger partial charge >= 0.3 is 11.6 Å². The SMILES string of the molecule is Cc1ccc(-c2nc3ncccn3[n+]2[O-])cc1. The van der Waals surface area contributed by atoms with Gasteiger partial charge in [-0.3, -0.25) is 0 Å². The third-order valence-electron chi connectivity index (χ3n) is 2.60. The summed E-state index contributed by atoms with van der Waals surface area (Å²) in [5.41, 5.74) is 1.93. The number of rotatable bonds is 1. The highest BCUT2D eigenvalue weighted by Gasteiger charge is 2.18. The van der Waals surface area contributed by atoms with Gasteiger partial charge in [-0.15, -0.1) is 9.36 Å². The summed E-state index contributed by atoms with van der Waals surface area (Å²) < 4.78 is 1.37. The summed E-state index contributed by atoms with van der Waals surface area (Å²) >= 11 is 0. The van der Waals surface area contributed by atoms with Crippen molar-refractivity contribution in [2.45, 2.75) is 6.92 Å². The molecular weight excluding hydrogens is 216 g/mol. The van der Waals surface area contributed by atoms with Crippen LogP contribution >= 0.6 is 0 Å². The zero-order valence-electron chi connectivity index (χ0n) is 9.24. The highest BCUT2D eigenvalue weighted by Crippen LogP contribution is 2.14. The van der Waals surface area contributed by atoms with Crippen LogP contribution in [0.1, 0.15) is 5.56 Å². The monoisotopic (exact) mass is 226 g/mol. The predicted molar refractivity (Wildman–Crippen MR) is 62.1 cm³/mol. The molecule has 0 radical (unpaired) electrons. The summed E-state index contributed by atoms with van der Waals surface area (Å²) in [5, 5.41) is 12.0. The smallest absolute Gasteiger partial charge is 0.381 e. The van der Waals surface area contributed by atoms with E-state index in [2.05, 4.69) is 9.97 Å². The van der Waals surface area contributed by atoms with Crippen LogP contribution in [-0.4, -0.2) is 14.5 Å². The van der Waals surface area contributed by atoms with Crippen molar-refractivity contribution in [1.29, 1.82) is 0 Å². The first kappa shape index (κ1) is 9.77. The lowest BCUT2D eigenvalue weighted by Gasteiger charge is -2.01. The van der Waals surface area contributed by atoms with Gasteiger partial charge in [0.2, 0.25) is 0 Å². The van der Waals surface area contributed by atoms with Crippen molar-refractivity contribution in [2.75, 3.05) is 0 Å². The van der Waals surface area contributed by atoms with Crippen molar-refractivity contribution >= 4 is 5.78 Å². The molecule has 0 amide bonds.